The summed E-state index contributed by atoms with van der Waals surface area (Å²) in [5, 5.41) is 0. The molecule has 0 saturated carbocycles. The minimum absolute atomic E-state index is 0.215. The third-order valence-corrected chi connectivity index (χ3v) is 5.65. The highest BCUT2D eigenvalue weighted by Crippen LogP contribution is 2.43. The lowest BCUT2D eigenvalue weighted by molar-refractivity contribution is -0.0457. The van der Waals surface area contributed by atoms with E-state index in [9.17, 15) is 8.78 Å². The average Bonchev–Trinajstić information content (AvgIpc) is 3.05. The van der Waals surface area contributed by atoms with Crippen molar-refractivity contribution in [3.63, 3.8) is 0 Å². The standard InChI is InChI=1S/C19H23F2N3O/c1-2-23-13-22-18-17(23)5-8-24(19(18)6-9-25-10-7-19)12-14-3-4-15(20)11-16(14)21/h3-4,11,13H,2,5-10,12H2,1H3. The van der Waals surface area contributed by atoms with E-state index in [-0.39, 0.29) is 5.54 Å². The number of aromatic nitrogens is 2. The van der Waals surface area contributed by atoms with Crippen LogP contribution in [0, 0.1) is 11.6 Å². The van der Waals surface area contributed by atoms with Crippen LogP contribution in [0.2, 0.25) is 0 Å². The molecule has 1 saturated heterocycles. The molecular formula is C19H23F2N3O. The summed E-state index contributed by atoms with van der Waals surface area (Å²) in [5.74, 6) is -1.02. The molecule has 25 heavy (non-hydrogen) atoms. The van der Waals surface area contributed by atoms with Crippen LogP contribution in [-0.4, -0.2) is 34.2 Å². The van der Waals surface area contributed by atoms with Gasteiger partial charge in [0.25, 0.3) is 0 Å². The summed E-state index contributed by atoms with van der Waals surface area (Å²) in [6.45, 7) is 5.70. The highest BCUT2D eigenvalue weighted by atomic mass is 19.1. The van der Waals surface area contributed by atoms with Crippen molar-refractivity contribution in [2.75, 3.05) is 19.8 Å². The maximum absolute atomic E-state index is 14.2. The van der Waals surface area contributed by atoms with Crippen LogP contribution >= 0.6 is 0 Å². The third-order valence-electron chi connectivity index (χ3n) is 5.65. The fourth-order valence-electron chi connectivity index (χ4n) is 4.28. The Balaban J connectivity index is 1.71. The van der Waals surface area contributed by atoms with Gasteiger partial charge in [-0.2, -0.15) is 0 Å². The van der Waals surface area contributed by atoms with Crippen LogP contribution in [-0.2, 0) is 29.8 Å². The Bertz CT molecular complexity index is 768. The van der Waals surface area contributed by atoms with Crippen molar-refractivity contribution in [1.29, 1.82) is 0 Å². The zero-order valence-corrected chi connectivity index (χ0v) is 14.5. The number of fused-ring (bicyclic) bond motifs is 2. The maximum atomic E-state index is 14.2. The van der Waals surface area contributed by atoms with Gasteiger partial charge >= 0.3 is 0 Å². The molecule has 4 nitrogen and oxygen atoms in total. The smallest absolute Gasteiger partial charge is 0.130 e. The first-order valence-electron chi connectivity index (χ1n) is 8.95. The molecule has 0 unspecified atom stereocenters. The summed E-state index contributed by atoms with van der Waals surface area (Å²) in [5.41, 5.74) is 2.73. The van der Waals surface area contributed by atoms with Crippen LogP contribution < -0.4 is 0 Å². The van der Waals surface area contributed by atoms with Gasteiger partial charge in [0.2, 0.25) is 0 Å². The van der Waals surface area contributed by atoms with E-state index in [2.05, 4.69) is 16.4 Å². The summed E-state index contributed by atoms with van der Waals surface area (Å²) in [7, 11) is 0. The molecule has 0 aliphatic carbocycles. The van der Waals surface area contributed by atoms with Crippen molar-refractivity contribution in [1.82, 2.24) is 14.5 Å². The molecule has 1 fully saturated rings. The molecule has 2 aliphatic heterocycles. The van der Waals surface area contributed by atoms with Crippen molar-refractivity contribution >= 4 is 0 Å². The fraction of sp³-hybridized carbons (Fsp3) is 0.526. The van der Waals surface area contributed by atoms with Gasteiger partial charge in [0, 0.05) is 56.6 Å². The Kier molecular flexibility index (Phi) is 4.33. The number of rotatable bonds is 3. The van der Waals surface area contributed by atoms with Crippen molar-refractivity contribution < 1.29 is 13.5 Å². The Morgan fingerprint density at radius 2 is 2.04 bits per heavy atom. The van der Waals surface area contributed by atoms with Crippen molar-refractivity contribution in [2.24, 2.45) is 0 Å². The lowest BCUT2D eigenvalue weighted by Gasteiger charge is -2.48. The second-order valence-corrected chi connectivity index (χ2v) is 6.88. The van der Waals surface area contributed by atoms with Gasteiger partial charge in [-0.25, -0.2) is 13.8 Å². The monoisotopic (exact) mass is 347 g/mol. The topological polar surface area (TPSA) is 30.3 Å². The molecule has 0 radical (unpaired) electrons. The van der Waals surface area contributed by atoms with Gasteiger partial charge in [0.05, 0.1) is 17.6 Å². The van der Waals surface area contributed by atoms with Gasteiger partial charge in [0.1, 0.15) is 11.6 Å². The molecule has 3 heterocycles. The number of halogens is 2. The zero-order valence-electron chi connectivity index (χ0n) is 14.5. The van der Waals surface area contributed by atoms with E-state index < -0.39 is 11.6 Å². The van der Waals surface area contributed by atoms with Gasteiger partial charge in [-0.05, 0) is 25.8 Å². The van der Waals surface area contributed by atoms with Gasteiger partial charge in [0.15, 0.2) is 0 Å². The van der Waals surface area contributed by atoms with Crippen LogP contribution in [0.25, 0.3) is 0 Å². The van der Waals surface area contributed by atoms with Crippen molar-refractivity contribution in [2.45, 2.75) is 44.8 Å². The highest BCUT2D eigenvalue weighted by Gasteiger charge is 2.46. The number of hydrogen-bond donors (Lipinski definition) is 0. The predicted octanol–water partition coefficient (Wildman–Crippen LogP) is 3.25. The number of nitrogens with zero attached hydrogens (tertiary/aromatic N) is 3. The predicted molar refractivity (Wildman–Crippen MR) is 90.1 cm³/mol. The zero-order chi connectivity index (χ0) is 17.4. The number of ether oxygens (including phenoxy) is 1. The fourth-order valence-corrected chi connectivity index (χ4v) is 4.28. The third kappa shape index (κ3) is 2.77. The first kappa shape index (κ1) is 16.7. The van der Waals surface area contributed by atoms with E-state index in [1.165, 1.54) is 11.8 Å². The SMILES string of the molecule is CCn1cnc2c1CCN(Cc1ccc(F)cc1F)C21CCOCC1. The van der Waals surface area contributed by atoms with E-state index in [4.69, 9.17) is 9.72 Å². The number of aryl methyl sites for hydroxylation is 1. The van der Waals surface area contributed by atoms with Gasteiger partial charge in [-0.1, -0.05) is 6.07 Å². The van der Waals surface area contributed by atoms with Gasteiger partial charge in [-0.15, -0.1) is 0 Å². The quantitative estimate of drug-likeness (QED) is 0.854. The largest absolute Gasteiger partial charge is 0.381 e. The normalized spacial score (nSPS) is 20.0. The van der Waals surface area contributed by atoms with Gasteiger partial charge < -0.3 is 9.30 Å². The second kappa shape index (κ2) is 6.50. The van der Waals surface area contributed by atoms with Gasteiger partial charge in [-0.3, -0.25) is 4.90 Å². The van der Waals surface area contributed by atoms with Crippen LogP contribution in [0.4, 0.5) is 8.78 Å². The van der Waals surface area contributed by atoms with E-state index in [1.54, 1.807) is 6.07 Å². The first-order chi connectivity index (χ1) is 12.1. The molecule has 0 atom stereocenters. The molecule has 1 aromatic carbocycles. The average molecular weight is 347 g/mol. The summed E-state index contributed by atoms with van der Waals surface area (Å²) in [4.78, 5) is 7.07. The lowest BCUT2D eigenvalue weighted by atomic mass is 9.80. The Labute approximate surface area is 146 Å². The van der Waals surface area contributed by atoms with E-state index in [1.807, 2.05) is 6.33 Å². The second-order valence-electron chi connectivity index (χ2n) is 6.88. The molecule has 0 bridgehead atoms. The molecule has 2 aliphatic rings. The molecule has 6 heteroatoms. The van der Waals surface area contributed by atoms with Crippen LogP contribution in [0.5, 0.6) is 0 Å². The molecule has 4 rings (SSSR count). The molecule has 2 aromatic rings. The van der Waals surface area contributed by atoms with E-state index >= 15 is 0 Å². The number of imidazole rings is 1. The summed E-state index contributed by atoms with van der Waals surface area (Å²) in [6, 6.07) is 3.85. The lowest BCUT2D eigenvalue weighted by Crippen LogP contribution is -2.53. The van der Waals surface area contributed by atoms with Crippen LogP contribution in [0.1, 0.15) is 36.7 Å². The van der Waals surface area contributed by atoms with Crippen LogP contribution in [0.15, 0.2) is 24.5 Å². The first-order valence-corrected chi connectivity index (χ1v) is 8.95. The minimum Gasteiger partial charge on any atom is -0.381 e. The highest BCUT2D eigenvalue weighted by molar-refractivity contribution is 5.29. The Morgan fingerprint density at radius 1 is 1.24 bits per heavy atom. The molecule has 0 N–H and O–H groups in total. The Hall–Kier alpha value is -1.79. The summed E-state index contributed by atoms with van der Waals surface area (Å²) >= 11 is 0. The summed E-state index contributed by atoms with van der Waals surface area (Å²) in [6.07, 6.45) is 4.52. The van der Waals surface area contributed by atoms with Crippen LogP contribution in [0.3, 0.4) is 0 Å². The molecule has 1 spiro atoms. The minimum atomic E-state index is -0.537. The van der Waals surface area contributed by atoms with Crippen molar-refractivity contribution in [3.8, 4) is 0 Å². The maximum Gasteiger partial charge on any atom is 0.130 e. The van der Waals surface area contributed by atoms with E-state index in [0.29, 0.717) is 25.3 Å². The summed E-state index contributed by atoms with van der Waals surface area (Å²) < 4.78 is 35.2. The molecule has 1 aromatic heterocycles. The Morgan fingerprint density at radius 3 is 2.76 bits per heavy atom. The molecule has 134 valence electrons. The molecule has 0 amide bonds. The number of hydrogen-bond acceptors (Lipinski definition) is 3. The number of benzene rings is 1. The van der Waals surface area contributed by atoms with Crippen molar-refractivity contribution in [3.05, 3.63) is 53.1 Å². The molecular weight excluding hydrogens is 324 g/mol. The van der Waals surface area contributed by atoms with E-state index in [0.717, 1.165) is 44.1 Å².